The van der Waals surface area contributed by atoms with Crippen molar-refractivity contribution in [3.8, 4) is 0 Å². The zero-order valence-corrected chi connectivity index (χ0v) is 14.6. The van der Waals surface area contributed by atoms with E-state index in [0.29, 0.717) is 19.4 Å². The van der Waals surface area contributed by atoms with Gasteiger partial charge in [-0.3, -0.25) is 4.79 Å². The van der Waals surface area contributed by atoms with Crippen LogP contribution in [-0.4, -0.2) is 34.6 Å². The van der Waals surface area contributed by atoms with Crippen molar-refractivity contribution in [2.24, 2.45) is 5.92 Å². The first-order valence-corrected chi connectivity index (χ1v) is 8.91. The minimum Gasteiger partial charge on any atom is -0.481 e. The Labute approximate surface area is 144 Å². The summed E-state index contributed by atoms with van der Waals surface area (Å²) < 4.78 is 0. The van der Waals surface area contributed by atoms with Gasteiger partial charge in [-0.05, 0) is 44.6 Å². The standard InChI is InChI=1S/C19H28N2O3/c1-3-17(14-8-6-5-7-9-14)21(4-2)19(24)20-16-12-10-15(11-13-16)18(22)23/h5-9,15-17H,3-4,10-13H2,1-2H3,(H,20,24)(H,22,23). The Morgan fingerprint density at radius 3 is 2.29 bits per heavy atom. The number of urea groups is 1. The third-order valence-corrected chi connectivity index (χ3v) is 4.95. The average molecular weight is 332 g/mol. The summed E-state index contributed by atoms with van der Waals surface area (Å²) in [6, 6.07) is 10.2. The van der Waals surface area contributed by atoms with Crippen LogP contribution in [0.25, 0.3) is 0 Å². The summed E-state index contributed by atoms with van der Waals surface area (Å²) in [5.41, 5.74) is 1.14. The first-order valence-electron chi connectivity index (χ1n) is 8.91. The Balaban J connectivity index is 1.97. The topological polar surface area (TPSA) is 69.6 Å². The molecule has 2 amide bonds. The molecule has 1 aromatic rings. The normalized spacial score (nSPS) is 21.8. The number of rotatable bonds is 6. The van der Waals surface area contributed by atoms with Crippen LogP contribution in [0.15, 0.2) is 30.3 Å². The van der Waals surface area contributed by atoms with Crippen LogP contribution in [0.1, 0.15) is 57.6 Å². The first kappa shape index (κ1) is 18.3. The van der Waals surface area contributed by atoms with Gasteiger partial charge in [0.1, 0.15) is 0 Å². The lowest BCUT2D eigenvalue weighted by atomic mass is 9.86. The molecule has 0 aliphatic heterocycles. The second-order valence-corrected chi connectivity index (χ2v) is 6.46. The molecule has 24 heavy (non-hydrogen) atoms. The van der Waals surface area contributed by atoms with Gasteiger partial charge in [0.05, 0.1) is 12.0 Å². The summed E-state index contributed by atoms with van der Waals surface area (Å²) in [5, 5.41) is 12.2. The van der Waals surface area contributed by atoms with Gasteiger partial charge in [0.15, 0.2) is 0 Å². The number of carboxylic acid groups (broad SMARTS) is 1. The first-order chi connectivity index (χ1) is 11.6. The number of hydrogen-bond acceptors (Lipinski definition) is 2. The van der Waals surface area contributed by atoms with Crippen molar-refractivity contribution < 1.29 is 14.7 Å². The molecule has 1 atom stereocenters. The van der Waals surface area contributed by atoms with Gasteiger partial charge in [0, 0.05) is 12.6 Å². The quantitative estimate of drug-likeness (QED) is 0.832. The van der Waals surface area contributed by atoms with Gasteiger partial charge < -0.3 is 15.3 Å². The van der Waals surface area contributed by atoms with Crippen molar-refractivity contribution in [2.75, 3.05) is 6.54 Å². The van der Waals surface area contributed by atoms with E-state index in [2.05, 4.69) is 24.4 Å². The van der Waals surface area contributed by atoms with Crippen molar-refractivity contribution >= 4 is 12.0 Å². The Bertz CT molecular complexity index is 539. The molecule has 0 bridgehead atoms. The molecule has 0 heterocycles. The minimum atomic E-state index is -0.718. The van der Waals surface area contributed by atoms with Gasteiger partial charge >= 0.3 is 12.0 Å². The summed E-state index contributed by atoms with van der Waals surface area (Å²) in [5.74, 6) is -0.974. The van der Waals surface area contributed by atoms with Crippen LogP contribution in [0.2, 0.25) is 0 Å². The number of nitrogens with one attached hydrogen (secondary N) is 1. The molecule has 1 unspecified atom stereocenters. The highest BCUT2D eigenvalue weighted by molar-refractivity contribution is 5.75. The molecule has 1 saturated carbocycles. The predicted octanol–water partition coefficient (Wildman–Crippen LogP) is 3.81. The maximum atomic E-state index is 12.7. The van der Waals surface area contributed by atoms with Gasteiger partial charge in [-0.1, -0.05) is 37.3 Å². The second kappa shape index (κ2) is 8.71. The number of carboxylic acids is 1. The molecule has 1 aliphatic rings. The molecule has 1 aliphatic carbocycles. The molecule has 0 spiro atoms. The van der Waals surface area contributed by atoms with E-state index in [9.17, 15) is 9.59 Å². The summed E-state index contributed by atoms with van der Waals surface area (Å²) in [4.78, 5) is 25.6. The van der Waals surface area contributed by atoms with Crippen LogP contribution in [-0.2, 0) is 4.79 Å². The van der Waals surface area contributed by atoms with Gasteiger partial charge in [0.25, 0.3) is 0 Å². The highest BCUT2D eigenvalue weighted by Gasteiger charge is 2.29. The molecule has 5 heteroatoms. The number of carbonyl (C=O) groups excluding carboxylic acids is 1. The van der Waals surface area contributed by atoms with Crippen molar-refractivity contribution in [3.05, 3.63) is 35.9 Å². The summed E-state index contributed by atoms with van der Waals surface area (Å²) in [6.07, 6.45) is 3.62. The number of aliphatic carboxylic acids is 1. The van der Waals surface area contributed by atoms with Crippen LogP contribution in [0.3, 0.4) is 0 Å². The van der Waals surface area contributed by atoms with E-state index in [1.54, 1.807) is 0 Å². The maximum absolute atomic E-state index is 12.7. The molecule has 1 fully saturated rings. The highest BCUT2D eigenvalue weighted by atomic mass is 16.4. The van der Waals surface area contributed by atoms with Crippen LogP contribution in [0, 0.1) is 5.92 Å². The fourth-order valence-electron chi connectivity index (χ4n) is 3.56. The zero-order chi connectivity index (χ0) is 17.5. The molecule has 132 valence electrons. The Morgan fingerprint density at radius 1 is 1.17 bits per heavy atom. The third-order valence-electron chi connectivity index (χ3n) is 4.95. The predicted molar refractivity (Wildman–Crippen MR) is 93.8 cm³/mol. The lowest BCUT2D eigenvalue weighted by molar-refractivity contribution is -0.142. The molecule has 2 rings (SSSR count). The van der Waals surface area contributed by atoms with E-state index >= 15 is 0 Å². The molecule has 0 radical (unpaired) electrons. The molecule has 5 nitrogen and oxygen atoms in total. The van der Waals surface area contributed by atoms with E-state index in [1.807, 2.05) is 30.0 Å². The fourth-order valence-corrected chi connectivity index (χ4v) is 3.56. The zero-order valence-electron chi connectivity index (χ0n) is 14.6. The number of nitrogens with zero attached hydrogens (tertiary/aromatic N) is 1. The average Bonchev–Trinajstić information content (AvgIpc) is 2.60. The minimum absolute atomic E-state index is 0.0491. The van der Waals surface area contributed by atoms with E-state index < -0.39 is 5.97 Å². The van der Waals surface area contributed by atoms with Gasteiger partial charge in [-0.25, -0.2) is 4.79 Å². The summed E-state index contributed by atoms with van der Waals surface area (Å²) in [7, 11) is 0. The second-order valence-electron chi connectivity index (χ2n) is 6.46. The number of carbonyl (C=O) groups is 2. The number of amides is 2. The lowest BCUT2D eigenvalue weighted by Gasteiger charge is -2.34. The Morgan fingerprint density at radius 2 is 1.79 bits per heavy atom. The smallest absolute Gasteiger partial charge is 0.318 e. The van der Waals surface area contributed by atoms with Gasteiger partial charge in [0.2, 0.25) is 0 Å². The summed E-state index contributed by atoms with van der Waals surface area (Å²) in [6.45, 7) is 4.72. The van der Waals surface area contributed by atoms with Crippen LogP contribution >= 0.6 is 0 Å². The maximum Gasteiger partial charge on any atom is 0.318 e. The van der Waals surface area contributed by atoms with E-state index in [1.165, 1.54) is 0 Å². The van der Waals surface area contributed by atoms with E-state index in [-0.39, 0.29) is 24.0 Å². The highest BCUT2D eigenvalue weighted by Crippen LogP contribution is 2.27. The van der Waals surface area contributed by atoms with E-state index in [4.69, 9.17) is 5.11 Å². The molecule has 1 aromatic carbocycles. The number of hydrogen-bond donors (Lipinski definition) is 2. The van der Waals surface area contributed by atoms with Crippen molar-refractivity contribution in [1.82, 2.24) is 10.2 Å². The fraction of sp³-hybridized carbons (Fsp3) is 0.579. The van der Waals surface area contributed by atoms with Crippen molar-refractivity contribution in [2.45, 2.75) is 58.0 Å². The van der Waals surface area contributed by atoms with E-state index in [0.717, 1.165) is 24.8 Å². The lowest BCUT2D eigenvalue weighted by Crippen LogP contribution is -2.47. The van der Waals surface area contributed by atoms with Gasteiger partial charge in [-0.2, -0.15) is 0 Å². The Hall–Kier alpha value is -2.04. The number of benzene rings is 1. The molecular formula is C19H28N2O3. The van der Waals surface area contributed by atoms with Crippen molar-refractivity contribution in [3.63, 3.8) is 0 Å². The largest absolute Gasteiger partial charge is 0.481 e. The Kier molecular flexibility index (Phi) is 6.64. The monoisotopic (exact) mass is 332 g/mol. The molecule has 2 N–H and O–H groups in total. The molecular weight excluding hydrogens is 304 g/mol. The van der Waals surface area contributed by atoms with Crippen LogP contribution in [0.4, 0.5) is 4.79 Å². The van der Waals surface area contributed by atoms with Crippen molar-refractivity contribution in [1.29, 1.82) is 0 Å². The SMILES string of the molecule is CCC(c1ccccc1)N(CC)C(=O)NC1CCC(C(=O)O)CC1. The van der Waals surface area contributed by atoms with Crippen LogP contribution < -0.4 is 5.32 Å². The third kappa shape index (κ3) is 4.49. The van der Waals surface area contributed by atoms with Gasteiger partial charge in [-0.15, -0.1) is 0 Å². The molecule has 0 aromatic heterocycles. The van der Waals surface area contributed by atoms with Crippen LogP contribution in [0.5, 0.6) is 0 Å². The summed E-state index contributed by atoms with van der Waals surface area (Å²) >= 11 is 0. The molecule has 0 saturated heterocycles.